The maximum absolute atomic E-state index is 12.6. The molecule has 0 atom stereocenters. The summed E-state index contributed by atoms with van der Waals surface area (Å²) in [6.45, 7) is 2.40. The molecule has 1 aliphatic rings. The summed E-state index contributed by atoms with van der Waals surface area (Å²) in [6.07, 6.45) is 1.79. The molecule has 8 heteroatoms. The molecule has 6 nitrogen and oxygen atoms in total. The van der Waals surface area contributed by atoms with E-state index in [4.69, 9.17) is 0 Å². The van der Waals surface area contributed by atoms with Crippen LogP contribution in [-0.2, 0) is 16.4 Å². The molecule has 1 aromatic heterocycles. The number of anilines is 2. The number of para-hydroxylation sites is 1. The fourth-order valence-corrected chi connectivity index (χ4v) is 5.06. The molecule has 0 aliphatic carbocycles. The number of rotatable bonds is 3. The number of hydrogen-bond donors (Lipinski definition) is 1. The first-order valence-electron chi connectivity index (χ1n) is 8.11. The lowest BCUT2D eigenvalue weighted by atomic mass is 10.1. The van der Waals surface area contributed by atoms with Gasteiger partial charge in [0.25, 0.3) is 5.91 Å². The lowest BCUT2D eigenvalue weighted by Gasteiger charge is -2.16. The topological polar surface area (TPSA) is 79.4 Å². The number of aromatic nitrogens is 1. The molecule has 2 aromatic carbocycles. The van der Waals surface area contributed by atoms with Crippen LogP contribution in [0.4, 0.5) is 10.8 Å². The second kappa shape index (κ2) is 6.07. The SMILES string of the molecule is Cc1cccc2sc(NC(=O)c3ccc4c(c3)CCN4S(C)(=O)=O)nc12. The van der Waals surface area contributed by atoms with Crippen molar-refractivity contribution in [3.63, 3.8) is 0 Å². The minimum atomic E-state index is -3.29. The Morgan fingerprint density at radius 2 is 2.08 bits per heavy atom. The highest BCUT2D eigenvalue weighted by molar-refractivity contribution is 7.92. The van der Waals surface area contributed by atoms with Gasteiger partial charge < -0.3 is 0 Å². The summed E-state index contributed by atoms with van der Waals surface area (Å²) in [4.78, 5) is 17.1. The van der Waals surface area contributed by atoms with Gasteiger partial charge in [-0.3, -0.25) is 14.4 Å². The van der Waals surface area contributed by atoms with Crippen LogP contribution in [0.3, 0.4) is 0 Å². The van der Waals surface area contributed by atoms with E-state index in [-0.39, 0.29) is 5.91 Å². The van der Waals surface area contributed by atoms with E-state index in [0.29, 0.717) is 29.3 Å². The molecule has 4 rings (SSSR count). The standard InChI is InChI=1S/C18H17N3O3S2/c1-11-4-3-5-15-16(11)19-18(25-15)20-17(22)13-6-7-14-12(10-13)8-9-21(14)26(2,23)24/h3-7,10H,8-9H2,1-2H3,(H,19,20,22). The summed E-state index contributed by atoms with van der Waals surface area (Å²) >= 11 is 1.43. The molecule has 0 saturated heterocycles. The van der Waals surface area contributed by atoms with Crippen molar-refractivity contribution in [2.24, 2.45) is 0 Å². The molecule has 26 heavy (non-hydrogen) atoms. The van der Waals surface area contributed by atoms with Gasteiger partial charge >= 0.3 is 0 Å². The minimum absolute atomic E-state index is 0.248. The van der Waals surface area contributed by atoms with Crippen LogP contribution in [0.15, 0.2) is 36.4 Å². The van der Waals surface area contributed by atoms with E-state index in [1.807, 2.05) is 25.1 Å². The zero-order valence-corrected chi connectivity index (χ0v) is 15.9. The van der Waals surface area contributed by atoms with Gasteiger partial charge in [-0.2, -0.15) is 0 Å². The van der Waals surface area contributed by atoms with Gasteiger partial charge in [0.1, 0.15) is 0 Å². The van der Waals surface area contributed by atoms with Gasteiger partial charge in [-0.15, -0.1) is 0 Å². The lowest BCUT2D eigenvalue weighted by Crippen LogP contribution is -2.27. The number of nitrogens with one attached hydrogen (secondary N) is 1. The number of fused-ring (bicyclic) bond motifs is 2. The second-order valence-electron chi connectivity index (χ2n) is 6.32. The fraction of sp³-hybridized carbons (Fsp3) is 0.222. The summed E-state index contributed by atoms with van der Waals surface area (Å²) < 4.78 is 26.0. The highest BCUT2D eigenvalue weighted by Gasteiger charge is 2.26. The summed E-state index contributed by atoms with van der Waals surface area (Å²) in [6, 6.07) is 11.0. The van der Waals surface area contributed by atoms with Gasteiger partial charge in [0.2, 0.25) is 10.0 Å². The normalized spacial score (nSPS) is 13.8. The molecule has 0 fully saturated rings. The average Bonchev–Trinajstić information content (AvgIpc) is 3.17. The Morgan fingerprint density at radius 3 is 2.81 bits per heavy atom. The van der Waals surface area contributed by atoms with Gasteiger partial charge in [0.05, 0.1) is 22.2 Å². The number of carbonyl (C=O) groups is 1. The first-order chi connectivity index (χ1) is 12.3. The first kappa shape index (κ1) is 17.0. The largest absolute Gasteiger partial charge is 0.298 e. The highest BCUT2D eigenvalue weighted by atomic mass is 32.2. The van der Waals surface area contributed by atoms with Crippen LogP contribution in [0.2, 0.25) is 0 Å². The van der Waals surface area contributed by atoms with E-state index in [9.17, 15) is 13.2 Å². The third kappa shape index (κ3) is 2.95. The predicted octanol–water partition coefficient (Wildman–Crippen LogP) is 3.18. The van der Waals surface area contributed by atoms with E-state index in [1.165, 1.54) is 21.9 Å². The Morgan fingerprint density at radius 1 is 1.27 bits per heavy atom. The number of sulfonamides is 1. The van der Waals surface area contributed by atoms with Crippen LogP contribution in [0.1, 0.15) is 21.5 Å². The maximum Gasteiger partial charge on any atom is 0.257 e. The molecule has 1 amide bonds. The highest BCUT2D eigenvalue weighted by Crippen LogP contribution is 2.32. The Labute approximate surface area is 155 Å². The summed E-state index contributed by atoms with van der Waals surface area (Å²) in [5.74, 6) is -0.248. The lowest BCUT2D eigenvalue weighted by molar-refractivity contribution is 0.102. The number of benzene rings is 2. The summed E-state index contributed by atoms with van der Waals surface area (Å²) in [5.41, 5.74) is 3.97. The van der Waals surface area contributed by atoms with Crippen LogP contribution in [0.5, 0.6) is 0 Å². The van der Waals surface area contributed by atoms with E-state index in [1.54, 1.807) is 18.2 Å². The number of carbonyl (C=O) groups excluding carboxylic acids is 1. The number of hydrogen-bond acceptors (Lipinski definition) is 5. The molecule has 1 N–H and O–H groups in total. The third-order valence-corrected chi connectivity index (χ3v) is 6.55. The Balaban J connectivity index is 1.60. The van der Waals surface area contributed by atoms with E-state index >= 15 is 0 Å². The molecule has 1 aliphatic heterocycles. The monoisotopic (exact) mass is 387 g/mol. The predicted molar refractivity (Wildman–Crippen MR) is 105 cm³/mol. The molecule has 0 bridgehead atoms. The van der Waals surface area contributed by atoms with Crippen LogP contribution in [0.25, 0.3) is 10.2 Å². The van der Waals surface area contributed by atoms with Crippen molar-refractivity contribution >= 4 is 48.3 Å². The third-order valence-electron chi connectivity index (χ3n) is 4.44. The molecule has 0 saturated carbocycles. The fourth-order valence-electron chi connectivity index (χ4n) is 3.17. The Hall–Kier alpha value is -2.45. The Kier molecular flexibility index (Phi) is 3.96. The number of aryl methyl sites for hydroxylation is 1. The molecule has 0 unspecified atom stereocenters. The summed E-state index contributed by atoms with van der Waals surface area (Å²) in [5, 5.41) is 3.40. The Bertz CT molecular complexity index is 1140. The van der Waals surface area contributed by atoms with Gasteiger partial charge in [-0.25, -0.2) is 13.4 Å². The van der Waals surface area contributed by atoms with Crippen molar-refractivity contribution in [3.8, 4) is 0 Å². The van der Waals surface area contributed by atoms with Crippen molar-refractivity contribution in [3.05, 3.63) is 53.1 Å². The average molecular weight is 387 g/mol. The van der Waals surface area contributed by atoms with E-state index < -0.39 is 10.0 Å². The van der Waals surface area contributed by atoms with Crippen LogP contribution in [-0.4, -0.2) is 32.1 Å². The van der Waals surface area contributed by atoms with Crippen molar-refractivity contribution in [1.29, 1.82) is 0 Å². The van der Waals surface area contributed by atoms with Gasteiger partial charge in [-0.1, -0.05) is 23.5 Å². The van der Waals surface area contributed by atoms with E-state index in [0.717, 1.165) is 21.3 Å². The van der Waals surface area contributed by atoms with Crippen LogP contribution < -0.4 is 9.62 Å². The number of amides is 1. The molecule has 2 heterocycles. The summed E-state index contributed by atoms with van der Waals surface area (Å²) in [7, 11) is -3.29. The van der Waals surface area contributed by atoms with Crippen molar-refractivity contribution in [2.45, 2.75) is 13.3 Å². The van der Waals surface area contributed by atoms with Gasteiger partial charge in [0, 0.05) is 12.1 Å². The smallest absolute Gasteiger partial charge is 0.257 e. The quantitative estimate of drug-likeness (QED) is 0.749. The van der Waals surface area contributed by atoms with Gasteiger partial charge in [0.15, 0.2) is 5.13 Å². The molecule has 3 aromatic rings. The number of nitrogens with zero attached hydrogens (tertiary/aromatic N) is 2. The minimum Gasteiger partial charge on any atom is -0.298 e. The first-order valence-corrected chi connectivity index (χ1v) is 10.8. The molecule has 0 radical (unpaired) electrons. The van der Waals surface area contributed by atoms with Gasteiger partial charge in [-0.05, 0) is 48.7 Å². The molecule has 0 spiro atoms. The molecular weight excluding hydrogens is 370 g/mol. The van der Waals surface area contributed by atoms with E-state index in [2.05, 4.69) is 10.3 Å². The zero-order valence-electron chi connectivity index (χ0n) is 14.3. The second-order valence-corrected chi connectivity index (χ2v) is 9.26. The van der Waals surface area contributed by atoms with Crippen molar-refractivity contribution in [2.75, 3.05) is 22.4 Å². The zero-order chi connectivity index (χ0) is 18.5. The maximum atomic E-state index is 12.6. The van der Waals surface area contributed by atoms with Crippen molar-refractivity contribution in [1.82, 2.24) is 4.98 Å². The van der Waals surface area contributed by atoms with Crippen molar-refractivity contribution < 1.29 is 13.2 Å². The van der Waals surface area contributed by atoms with Crippen LogP contribution in [0, 0.1) is 6.92 Å². The number of thiazole rings is 1. The molecular formula is C18H17N3O3S2. The van der Waals surface area contributed by atoms with Crippen LogP contribution >= 0.6 is 11.3 Å². The molecule has 134 valence electrons.